The predicted octanol–water partition coefficient (Wildman–Crippen LogP) is 1.43. The molecule has 5 nitrogen and oxygen atoms in total. The number of ether oxygens (including phenoxy) is 1. The molecule has 88 valence electrons. The Morgan fingerprint density at radius 3 is 2.88 bits per heavy atom. The highest BCUT2D eigenvalue weighted by atomic mass is 16.5. The van der Waals surface area contributed by atoms with Gasteiger partial charge in [0, 0.05) is 25.0 Å². The Kier molecular flexibility index (Phi) is 2.96. The molecule has 16 heavy (non-hydrogen) atoms. The van der Waals surface area contributed by atoms with Gasteiger partial charge >= 0.3 is 0 Å². The summed E-state index contributed by atoms with van der Waals surface area (Å²) in [5.74, 6) is 1.12. The van der Waals surface area contributed by atoms with E-state index in [-0.39, 0.29) is 5.60 Å². The third-order valence-corrected chi connectivity index (χ3v) is 2.76. The van der Waals surface area contributed by atoms with Crippen LogP contribution >= 0.6 is 0 Å². The Balaban J connectivity index is 2.02. The van der Waals surface area contributed by atoms with Crippen molar-refractivity contribution in [2.75, 3.05) is 17.7 Å². The SMILES string of the molecule is CC1(C)CC(Nc2nccnc2N)CCO1. The molecule has 0 saturated carbocycles. The van der Waals surface area contributed by atoms with Crippen LogP contribution in [-0.2, 0) is 4.74 Å². The molecule has 1 atom stereocenters. The van der Waals surface area contributed by atoms with Crippen LogP contribution in [0.2, 0.25) is 0 Å². The van der Waals surface area contributed by atoms with Crippen molar-refractivity contribution in [3.63, 3.8) is 0 Å². The Bertz CT molecular complexity index is 367. The molecule has 1 aromatic rings. The topological polar surface area (TPSA) is 73.1 Å². The van der Waals surface area contributed by atoms with E-state index in [0.717, 1.165) is 19.4 Å². The molecule has 1 aliphatic heterocycles. The second-order valence-electron chi connectivity index (χ2n) is 4.73. The van der Waals surface area contributed by atoms with Crippen molar-refractivity contribution < 1.29 is 4.74 Å². The molecule has 1 saturated heterocycles. The number of nitrogen functional groups attached to an aromatic ring is 1. The van der Waals surface area contributed by atoms with Crippen LogP contribution in [0.1, 0.15) is 26.7 Å². The fourth-order valence-corrected chi connectivity index (χ4v) is 2.01. The predicted molar refractivity (Wildman–Crippen MR) is 63.1 cm³/mol. The van der Waals surface area contributed by atoms with Crippen molar-refractivity contribution in [1.29, 1.82) is 0 Å². The summed E-state index contributed by atoms with van der Waals surface area (Å²) in [5.41, 5.74) is 5.66. The van der Waals surface area contributed by atoms with Crippen molar-refractivity contribution in [3.8, 4) is 0 Å². The molecule has 5 heteroatoms. The van der Waals surface area contributed by atoms with Gasteiger partial charge < -0.3 is 15.8 Å². The largest absolute Gasteiger partial charge is 0.381 e. The van der Waals surface area contributed by atoms with Gasteiger partial charge in [0.2, 0.25) is 0 Å². The lowest BCUT2D eigenvalue weighted by Crippen LogP contribution is -2.40. The standard InChI is InChI=1S/C11H18N4O/c1-11(2)7-8(3-6-16-11)15-10-9(12)13-4-5-14-10/h4-5,8H,3,6-7H2,1-2H3,(H2,12,13)(H,14,15). The van der Waals surface area contributed by atoms with Crippen molar-refractivity contribution in [2.24, 2.45) is 0 Å². The van der Waals surface area contributed by atoms with Gasteiger partial charge in [-0.15, -0.1) is 0 Å². The summed E-state index contributed by atoms with van der Waals surface area (Å²) < 4.78 is 5.66. The molecule has 0 spiro atoms. The molecule has 2 rings (SSSR count). The average Bonchev–Trinajstić information content (AvgIpc) is 2.20. The Morgan fingerprint density at radius 1 is 1.44 bits per heavy atom. The second kappa shape index (κ2) is 4.25. The van der Waals surface area contributed by atoms with E-state index in [1.54, 1.807) is 12.4 Å². The Hall–Kier alpha value is -1.36. The van der Waals surface area contributed by atoms with Crippen molar-refractivity contribution >= 4 is 11.6 Å². The number of aromatic nitrogens is 2. The molecule has 1 aromatic heterocycles. The third kappa shape index (κ3) is 2.61. The molecule has 1 fully saturated rings. The van der Waals surface area contributed by atoms with Crippen molar-refractivity contribution in [2.45, 2.75) is 38.3 Å². The van der Waals surface area contributed by atoms with Crippen LogP contribution in [0.25, 0.3) is 0 Å². The van der Waals surface area contributed by atoms with Crippen LogP contribution in [0.3, 0.4) is 0 Å². The molecule has 2 heterocycles. The first-order valence-corrected chi connectivity index (χ1v) is 5.54. The summed E-state index contributed by atoms with van der Waals surface area (Å²) in [5, 5.41) is 3.33. The highest BCUT2D eigenvalue weighted by molar-refractivity contribution is 5.55. The van der Waals surface area contributed by atoms with Gasteiger partial charge in [-0.2, -0.15) is 0 Å². The molecule has 0 bridgehead atoms. The average molecular weight is 222 g/mol. The summed E-state index contributed by atoms with van der Waals surface area (Å²) in [4.78, 5) is 8.18. The molecular formula is C11H18N4O. The van der Waals surface area contributed by atoms with Crippen LogP contribution < -0.4 is 11.1 Å². The minimum atomic E-state index is -0.0765. The smallest absolute Gasteiger partial charge is 0.169 e. The summed E-state index contributed by atoms with van der Waals surface area (Å²) in [6, 6.07) is 0.350. The lowest BCUT2D eigenvalue weighted by molar-refractivity contribution is -0.0553. The minimum Gasteiger partial charge on any atom is -0.381 e. The van der Waals surface area contributed by atoms with E-state index in [1.165, 1.54) is 0 Å². The zero-order valence-corrected chi connectivity index (χ0v) is 9.73. The van der Waals surface area contributed by atoms with E-state index in [9.17, 15) is 0 Å². The maximum absolute atomic E-state index is 5.74. The quantitative estimate of drug-likeness (QED) is 0.792. The van der Waals surface area contributed by atoms with E-state index in [1.807, 2.05) is 0 Å². The van der Waals surface area contributed by atoms with Gasteiger partial charge in [-0.25, -0.2) is 9.97 Å². The fraction of sp³-hybridized carbons (Fsp3) is 0.636. The number of hydrogen-bond acceptors (Lipinski definition) is 5. The number of nitrogens with zero attached hydrogens (tertiary/aromatic N) is 2. The van der Waals surface area contributed by atoms with Crippen LogP contribution in [0.4, 0.5) is 11.6 Å². The van der Waals surface area contributed by atoms with Gasteiger partial charge in [0.15, 0.2) is 11.6 Å². The minimum absolute atomic E-state index is 0.0765. The lowest BCUT2D eigenvalue weighted by Gasteiger charge is -2.36. The van der Waals surface area contributed by atoms with Gasteiger partial charge in [-0.1, -0.05) is 0 Å². The van der Waals surface area contributed by atoms with E-state index in [2.05, 4.69) is 29.1 Å². The number of nitrogens with two attached hydrogens (primary N) is 1. The summed E-state index contributed by atoms with van der Waals surface area (Å²) in [6.07, 6.45) is 5.15. The molecule has 0 aromatic carbocycles. The maximum atomic E-state index is 5.74. The number of nitrogens with one attached hydrogen (secondary N) is 1. The number of hydrogen-bond donors (Lipinski definition) is 2. The first-order valence-electron chi connectivity index (χ1n) is 5.54. The molecule has 1 unspecified atom stereocenters. The highest BCUT2D eigenvalue weighted by Gasteiger charge is 2.29. The van der Waals surface area contributed by atoms with Crippen molar-refractivity contribution in [3.05, 3.63) is 12.4 Å². The van der Waals surface area contributed by atoms with Crippen LogP contribution in [0.15, 0.2) is 12.4 Å². The maximum Gasteiger partial charge on any atom is 0.169 e. The zero-order valence-electron chi connectivity index (χ0n) is 9.73. The first kappa shape index (κ1) is 11.1. The van der Waals surface area contributed by atoms with Crippen LogP contribution in [-0.4, -0.2) is 28.2 Å². The molecule has 0 amide bonds. The zero-order chi connectivity index (χ0) is 11.6. The monoisotopic (exact) mass is 222 g/mol. The van der Waals surface area contributed by atoms with Gasteiger partial charge in [0.25, 0.3) is 0 Å². The molecule has 0 aliphatic carbocycles. The van der Waals surface area contributed by atoms with Gasteiger partial charge in [0.05, 0.1) is 5.60 Å². The molecule has 1 aliphatic rings. The van der Waals surface area contributed by atoms with Gasteiger partial charge in [0.1, 0.15) is 0 Å². The number of rotatable bonds is 2. The Labute approximate surface area is 95.4 Å². The van der Waals surface area contributed by atoms with Crippen molar-refractivity contribution in [1.82, 2.24) is 9.97 Å². The van der Waals surface area contributed by atoms with E-state index < -0.39 is 0 Å². The summed E-state index contributed by atoms with van der Waals surface area (Å²) in [6.45, 7) is 4.96. The normalized spacial score (nSPS) is 24.0. The summed E-state index contributed by atoms with van der Waals surface area (Å²) in [7, 11) is 0. The lowest BCUT2D eigenvalue weighted by atomic mass is 9.94. The van der Waals surface area contributed by atoms with Crippen LogP contribution in [0, 0.1) is 0 Å². The van der Waals surface area contributed by atoms with E-state index >= 15 is 0 Å². The second-order valence-corrected chi connectivity index (χ2v) is 4.73. The molecule has 3 N–H and O–H groups in total. The first-order chi connectivity index (χ1) is 7.57. The van der Waals surface area contributed by atoms with Crippen LogP contribution in [0.5, 0.6) is 0 Å². The Morgan fingerprint density at radius 2 is 2.19 bits per heavy atom. The van der Waals surface area contributed by atoms with E-state index in [0.29, 0.717) is 17.7 Å². The van der Waals surface area contributed by atoms with Gasteiger partial charge in [-0.05, 0) is 26.7 Å². The number of anilines is 2. The third-order valence-electron chi connectivity index (χ3n) is 2.76. The molecular weight excluding hydrogens is 204 g/mol. The van der Waals surface area contributed by atoms with Gasteiger partial charge in [-0.3, -0.25) is 0 Å². The highest BCUT2D eigenvalue weighted by Crippen LogP contribution is 2.26. The summed E-state index contributed by atoms with van der Waals surface area (Å²) >= 11 is 0. The molecule has 0 radical (unpaired) electrons. The van der Waals surface area contributed by atoms with E-state index in [4.69, 9.17) is 10.5 Å². The fourth-order valence-electron chi connectivity index (χ4n) is 2.01.